The van der Waals surface area contributed by atoms with Crippen molar-refractivity contribution in [1.29, 1.82) is 0 Å². The quantitative estimate of drug-likeness (QED) is 0.0903. The van der Waals surface area contributed by atoms with Gasteiger partial charge in [0.15, 0.2) is 0 Å². The van der Waals surface area contributed by atoms with E-state index in [9.17, 15) is 0 Å². The molecule has 0 saturated heterocycles. The van der Waals surface area contributed by atoms with Gasteiger partial charge in [0.1, 0.15) is 5.82 Å². The van der Waals surface area contributed by atoms with Gasteiger partial charge in [-0.15, -0.1) is 29.7 Å². The number of imidazole rings is 1. The molecule has 0 radical (unpaired) electrons. The molecular formula is C69H62N4OPt-2. The van der Waals surface area contributed by atoms with Crippen molar-refractivity contribution in [2.75, 3.05) is 0 Å². The van der Waals surface area contributed by atoms with Crippen LogP contribution in [0.4, 0.5) is 0 Å². The van der Waals surface area contributed by atoms with Crippen molar-refractivity contribution in [3.8, 4) is 39.9 Å². The van der Waals surface area contributed by atoms with Gasteiger partial charge in [-0.2, -0.15) is 18.2 Å². The molecule has 0 fully saturated rings. The van der Waals surface area contributed by atoms with E-state index in [-0.39, 0.29) is 42.7 Å². The van der Waals surface area contributed by atoms with E-state index < -0.39 is 0 Å². The first-order valence-electron chi connectivity index (χ1n) is 25.7. The first-order chi connectivity index (χ1) is 35.6. The molecule has 6 heteroatoms. The van der Waals surface area contributed by atoms with Crippen molar-refractivity contribution in [2.24, 2.45) is 0 Å². The van der Waals surface area contributed by atoms with Gasteiger partial charge in [0.25, 0.3) is 6.33 Å². The van der Waals surface area contributed by atoms with E-state index in [4.69, 9.17) is 9.72 Å². The molecule has 0 unspecified atom stereocenters. The number of fused-ring (bicyclic) bond motifs is 3. The molecule has 5 nitrogen and oxygen atoms in total. The van der Waals surface area contributed by atoms with Crippen molar-refractivity contribution < 1.29 is 30.4 Å². The van der Waals surface area contributed by atoms with Gasteiger partial charge >= 0.3 is 0 Å². The Kier molecular flexibility index (Phi) is 13.5. The number of nitrogens with zero attached hydrogens (tertiary/aromatic N) is 4. The summed E-state index contributed by atoms with van der Waals surface area (Å²) in [7, 11) is 0. The van der Waals surface area contributed by atoms with Crippen molar-refractivity contribution >= 4 is 21.8 Å². The van der Waals surface area contributed by atoms with Crippen LogP contribution >= 0.6 is 0 Å². The fourth-order valence-electron chi connectivity index (χ4n) is 10.4. The van der Waals surface area contributed by atoms with Crippen molar-refractivity contribution in [3.05, 3.63) is 270 Å². The minimum Gasteiger partial charge on any atom is -0.510 e. The Morgan fingerprint density at radius 1 is 0.467 bits per heavy atom. The smallest absolute Gasteiger partial charge is 0.267 e. The van der Waals surface area contributed by atoms with Crippen LogP contribution in [-0.4, -0.2) is 14.1 Å². The molecule has 3 aromatic heterocycles. The van der Waals surface area contributed by atoms with Crippen LogP contribution in [0, 0.1) is 18.5 Å². The van der Waals surface area contributed by atoms with Crippen LogP contribution in [0.2, 0.25) is 0 Å². The molecule has 0 amide bonds. The Bertz CT molecular complexity index is 3740. The first-order valence-corrected chi connectivity index (χ1v) is 25.7. The molecule has 0 aliphatic carbocycles. The number of hydrogen-bond donors (Lipinski definition) is 0. The number of pyridine rings is 1. The minimum absolute atomic E-state index is 0. The van der Waals surface area contributed by atoms with Crippen molar-refractivity contribution in [1.82, 2.24) is 14.1 Å². The number of aromatic nitrogens is 4. The van der Waals surface area contributed by atoms with E-state index >= 15 is 0 Å². The number of ether oxygens (including phenoxy) is 1. The van der Waals surface area contributed by atoms with Crippen LogP contribution in [0.1, 0.15) is 101 Å². The van der Waals surface area contributed by atoms with Gasteiger partial charge in [-0.25, -0.2) is 4.98 Å². The zero-order chi connectivity index (χ0) is 51.4. The largest absolute Gasteiger partial charge is 0.510 e. The molecule has 376 valence electrons. The maximum absolute atomic E-state index is 6.77. The zero-order valence-electron chi connectivity index (χ0n) is 44.2. The second-order valence-corrected chi connectivity index (χ2v) is 22.2. The van der Waals surface area contributed by atoms with E-state index in [0.717, 1.165) is 50.3 Å². The average molecular weight is 1160 g/mol. The fraction of sp³-hybridized carbons (Fsp3) is 0.188. The van der Waals surface area contributed by atoms with Gasteiger partial charge < -0.3 is 13.9 Å². The van der Waals surface area contributed by atoms with Crippen LogP contribution < -0.4 is 9.30 Å². The van der Waals surface area contributed by atoms with Crippen molar-refractivity contribution in [3.63, 3.8) is 0 Å². The summed E-state index contributed by atoms with van der Waals surface area (Å²) in [6.45, 7) is 20.6. The van der Waals surface area contributed by atoms with Crippen molar-refractivity contribution in [2.45, 2.75) is 84.0 Å². The summed E-state index contributed by atoms with van der Waals surface area (Å²) in [5, 5.41) is 2.21. The Morgan fingerprint density at radius 3 is 1.61 bits per heavy atom. The third-order valence-corrected chi connectivity index (χ3v) is 15.3. The molecule has 0 aliphatic heterocycles. The Morgan fingerprint density at radius 2 is 1.03 bits per heavy atom. The maximum atomic E-state index is 6.77. The molecule has 8 aromatic carbocycles. The van der Waals surface area contributed by atoms with E-state index in [2.05, 4.69) is 278 Å². The Labute approximate surface area is 457 Å². The summed E-state index contributed by atoms with van der Waals surface area (Å²) in [6, 6.07) is 78.6. The summed E-state index contributed by atoms with van der Waals surface area (Å²) < 4.78 is 13.2. The first kappa shape index (κ1) is 50.9. The second kappa shape index (κ2) is 19.9. The maximum Gasteiger partial charge on any atom is 0.267 e. The van der Waals surface area contributed by atoms with Gasteiger partial charge in [-0.05, 0) is 91.3 Å². The standard InChI is InChI=1S/C69H62N4O.Pt/c1-66(2,3)52-37-38-70-65(43-52)73-62-36-33-53(67(4,5)49-25-16-11-17-26-49)42-61(62)60-35-34-59(45-63(60)73)74-58-32-22-31-56(44-58)71-46-64(48-23-14-10-15-24-48)72(47-71)57-40-54(68(6,7)50-27-18-12-19-28-50)39-55(41-57)69(8,9)51-29-20-13-21-30-51;/h10-43,46H,1-9H3;/q-2;. The molecule has 0 bridgehead atoms. The molecule has 11 rings (SSSR count). The van der Waals surface area contributed by atoms with Gasteiger partial charge in [-0.1, -0.05) is 207 Å². The average Bonchev–Trinajstić information content (AvgIpc) is 4.03. The summed E-state index contributed by atoms with van der Waals surface area (Å²) in [5.74, 6) is 1.98. The minimum atomic E-state index is -0.294. The second-order valence-electron chi connectivity index (χ2n) is 22.2. The van der Waals surface area contributed by atoms with Crippen LogP contribution in [0.3, 0.4) is 0 Å². The molecule has 0 saturated carbocycles. The molecule has 0 N–H and O–H groups in total. The predicted octanol–water partition coefficient (Wildman–Crippen LogP) is 16.4. The van der Waals surface area contributed by atoms with Gasteiger partial charge in [0, 0.05) is 66.7 Å². The number of rotatable bonds is 12. The SMILES string of the molecule is CC(C)(C)c1ccnc(-n2c3[c-]c(Oc4[c-]c(-n5[c-][n+](-c6cc(C(C)(C)c7ccccc7)cc(C(C)(C)c7ccccc7)c6)c(-c6ccccc6)c5)ccc4)ccc3c3cc(C(C)(C)c4ccccc4)ccc32)c1.[Pt]. The Hall–Kier alpha value is -7.59. The third-order valence-electron chi connectivity index (χ3n) is 15.3. The van der Waals surface area contributed by atoms with Crippen LogP contribution in [0.25, 0.3) is 50.3 Å². The molecule has 3 heterocycles. The molecule has 0 aliphatic rings. The molecule has 0 atom stereocenters. The monoisotopic (exact) mass is 1160 g/mol. The normalized spacial score (nSPS) is 12.2. The summed E-state index contributed by atoms with van der Waals surface area (Å²) in [6.07, 6.45) is 7.83. The summed E-state index contributed by atoms with van der Waals surface area (Å²) in [4.78, 5) is 4.97. The van der Waals surface area contributed by atoms with E-state index in [1.165, 1.54) is 38.9 Å². The van der Waals surface area contributed by atoms with E-state index in [1.54, 1.807) is 0 Å². The van der Waals surface area contributed by atoms with Crippen LogP contribution in [0.5, 0.6) is 11.5 Å². The van der Waals surface area contributed by atoms with Gasteiger partial charge in [0.2, 0.25) is 0 Å². The predicted molar refractivity (Wildman–Crippen MR) is 302 cm³/mol. The molecule has 75 heavy (non-hydrogen) atoms. The van der Waals surface area contributed by atoms with Crippen LogP contribution in [0.15, 0.2) is 213 Å². The van der Waals surface area contributed by atoms with E-state index in [1.807, 2.05) is 29.0 Å². The molecule has 0 spiro atoms. The topological polar surface area (TPSA) is 35.9 Å². The zero-order valence-corrected chi connectivity index (χ0v) is 46.5. The fourth-order valence-corrected chi connectivity index (χ4v) is 10.4. The summed E-state index contributed by atoms with van der Waals surface area (Å²) >= 11 is 0. The summed E-state index contributed by atoms with van der Waals surface area (Å²) in [5.41, 5.74) is 13.6. The van der Waals surface area contributed by atoms with Crippen LogP contribution in [-0.2, 0) is 42.7 Å². The molecule has 11 aromatic rings. The Balaban J connectivity index is 0.00000641. The number of hydrogen-bond acceptors (Lipinski definition) is 2. The third kappa shape index (κ3) is 9.71. The van der Waals surface area contributed by atoms with E-state index in [0.29, 0.717) is 11.5 Å². The van der Waals surface area contributed by atoms with Gasteiger partial charge in [-0.3, -0.25) is 4.57 Å². The molecular weight excluding hydrogens is 1100 g/mol. The van der Waals surface area contributed by atoms with Gasteiger partial charge in [0.05, 0.1) is 11.4 Å². The number of benzene rings is 8.